The Labute approximate surface area is 301 Å². The van der Waals surface area contributed by atoms with Crippen LogP contribution in [0.25, 0.3) is 11.2 Å². The number of benzene rings is 2. The van der Waals surface area contributed by atoms with Gasteiger partial charge in [-0.1, -0.05) is 60.7 Å². The molecule has 0 amide bonds. The normalized spacial score (nSPS) is 24.1. The summed E-state index contributed by atoms with van der Waals surface area (Å²) < 4.78 is 51.7. The maximum atomic E-state index is 13.5. The first-order chi connectivity index (χ1) is 25.6. The molecule has 0 aliphatic carbocycles. The third-order valence-electron chi connectivity index (χ3n) is 8.87. The van der Waals surface area contributed by atoms with Gasteiger partial charge in [0.2, 0.25) is 11.9 Å². The number of hydrogen-bond acceptors (Lipinski definition) is 15. The van der Waals surface area contributed by atoms with Gasteiger partial charge in [-0.05, 0) is 11.1 Å². The molecule has 2 saturated heterocycles. The van der Waals surface area contributed by atoms with Crippen LogP contribution < -0.4 is 22.7 Å². The molecule has 5 heterocycles. The summed E-state index contributed by atoms with van der Waals surface area (Å²) in [5.41, 5.74) is 12.3. The van der Waals surface area contributed by atoms with E-state index in [1.807, 2.05) is 60.7 Å². The number of aromatic amines is 1. The van der Waals surface area contributed by atoms with Crippen LogP contribution in [0, 0.1) is 5.92 Å². The van der Waals surface area contributed by atoms with Crippen LogP contribution >= 0.6 is 7.82 Å². The standard InChI is InChI=1S/C33H38N9O10P/c34-31-37-19-42(33(44)40-31)27-12-23(25(51-27)16-48-14-21-9-5-2-6-10-21)52-53(45,46)49-17-24-22(15-47-13-20-7-3-1-4-8-20)11-26(50-24)41-18-36-28-29(41)38-32(35)39-30(28)43/h1-10,18-19,22-27H,11-17H2,(H,45,46)(H2,34,40,44)(H3,35,38,39,43)/t22?,23-,24-,25-,26-,27-/m1/s1. The molecular weight excluding hydrogens is 713 g/mol. The second kappa shape index (κ2) is 16.0. The number of nitrogens with two attached hydrogens (primary N) is 2. The summed E-state index contributed by atoms with van der Waals surface area (Å²) in [5, 5.41) is 0. The zero-order chi connectivity index (χ0) is 37.0. The molecule has 0 bridgehead atoms. The van der Waals surface area contributed by atoms with Crippen molar-refractivity contribution in [3.05, 3.63) is 105 Å². The molecule has 2 fully saturated rings. The number of imidazole rings is 1. The smallest absolute Gasteiger partial charge is 0.376 e. The number of hydrogen-bond donors (Lipinski definition) is 4. The molecule has 2 aliphatic heterocycles. The van der Waals surface area contributed by atoms with Crippen LogP contribution in [0.1, 0.15) is 36.4 Å². The third-order valence-corrected chi connectivity index (χ3v) is 9.88. The average molecular weight is 752 g/mol. The van der Waals surface area contributed by atoms with Crippen molar-refractivity contribution in [3.63, 3.8) is 0 Å². The Bertz CT molecular complexity index is 2170. The second-order valence-electron chi connectivity index (χ2n) is 12.6. The number of ether oxygens (including phenoxy) is 4. The van der Waals surface area contributed by atoms with Gasteiger partial charge in [0, 0.05) is 18.8 Å². The molecule has 20 heteroatoms. The number of phosphoric acid groups is 1. The molecule has 7 atom stereocenters. The predicted molar refractivity (Wildman–Crippen MR) is 187 cm³/mol. The lowest BCUT2D eigenvalue weighted by Crippen LogP contribution is -2.30. The Morgan fingerprint density at radius 3 is 2.17 bits per heavy atom. The number of phosphoric ester groups is 1. The Balaban J connectivity index is 1.04. The Kier molecular flexibility index (Phi) is 11.0. The number of nitrogens with zero attached hydrogens (tertiary/aromatic N) is 6. The van der Waals surface area contributed by atoms with Crippen LogP contribution in [0.2, 0.25) is 0 Å². The topological polar surface area (TPSA) is 256 Å². The largest absolute Gasteiger partial charge is 0.472 e. The van der Waals surface area contributed by atoms with Crippen LogP contribution in [-0.2, 0) is 45.8 Å². The summed E-state index contributed by atoms with van der Waals surface area (Å²) in [5.74, 6) is -0.612. The summed E-state index contributed by atoms with van der Waals surface area (Å²) in [6.07, 6.45) is -1.32. The van der Waals surface area contributed by atoms with E-state index >= 15 is 0 Å². The molecule has 19 nitrogen and oxygen atoms in total. The molecule has 0 spiro atoms. The first kappa shape index (κ1) is 36.5. The number of nitrogen functional groups attached to an aromatic ring is 2. The van der Waals surface area contributed by atoms with Crippen molar-refractivity contribution in [2.75, 3.05) is 31.3 Å². The number of nitrogens with one attached hydrogen (secondary N) is 1. The summed E-state index contributed by atoms with van der Waals surface area (Å²) in [6.45, 7) is 0.402. The Morgan fingerprint density at radius 2 is 1.47 bits per heavy atom. The maximum Gasteiger partial charge on any atom is 0.472 e. The minimum atomic E-state index is -4.78. The van der Waals surface area contributed by atoms with Crippen LogP contribution in [0.5, 0.6) is 0 Å². The predicted octanol–water partition coefficient (Wildman–Crippen LogP) is 2.06. The first-order valence-corrected chi connectivity index (χ1v) is 18.2. The zero-order valence-corrected chi connectivity index (χ0v) is 29.1. The van der Waals surface area contributed by atoms with Gasteiger partial charge in [-0.2, -0.15) is 9.97 Å². The van der Waals surface area contributed by atoms with E-state index in [2.05, 4.69) is 24.9 Å². The van der Waals surface area contributed by atoms with Gasteiger partial charge in [0.05, 0.1) is 45.5 Å². The van der Waals surface area contributed by atoms with E-state index in [-0.39, 0.29) is 61.8 Å². The van der Waals surface area contributed by atoms with Crippen LogP contribution in [0.3, 0.4) is 0 Å². The SMILES string of the molecule is Nc1ncn([C@H]2C[C@@H](OP(=O)(O)OC[C@H]3O[C@@H](n4cnc5c(=O)[nH]c(N)nc54)CC3COCc3ccccc3)[C@@H](COCc3ccccc3)O2)c(=O)n1. The van der Waals surface area contributed by atoms with Gasteiger partial charge in [0.1, 0.15) is 31.0 Å². The summed E-state index contributed by atoms with van der Waals surface area (Å²) in [7, 11) is -4.78. The summed E-state index contributed by atoms with van der Waals surface area (Å²) in [4.78, 5) is 54.4. The van der Waals surface area contributed by atoms with Crippen molar-refractivity contribution < 1.29 is 37.5 Å². The quantitative estimate of drug-likeness (QED) is 0.112. The van der Waals surface area contributed by atoms with E-state index in [0.29, 0.717) is 13.0 Å². The molecule has 2 aliphatic rings. The lowest BCUT2D eigenvalue weighted by Gasteiger charge is -2.23. The van der Waals surface area contributed by atoms with E-state index in [1.165, 1.54) is 12.7 Å². The molecular formula is C33H38N9O10P. The molecule has 0 radical (unpaired) electrons. The second-order valence-corrected chi connectivity index (χ2v) is 14.0. The van der Waals surface area contributed by atoms with Crippen molar-refractivity contribution in [3.8, 4) is 0 Å². The van der Waals surface area contributed by atoms with Gasteiger partial charge in [0.25, 0.3) is 5.56 Å². The van der Waals surface area contributed by atoms with Crippen molar-refractivity contribution in [2.24, 2.45) is 5.92 Å². The minimum absolute atomic E-state index is 0.0264. The fraction of sp³-hybridized carbons (Fsp3) is 0.394. The fourth-order valence-corrected chi connectivity index (χ4v) is 7.25. The molecule has 5 aromatic rings. The third kappa shape index (κ3) is 8.86. The van der Waals surface area contributed by atoms with Crippen LogP contribution in [0.4, 0.5) is 11.9 Å². The van der Waals surface area contributed by atoms with Gasteiger partial charge >= 0.3 is 13.5 Å². The van der Waals surface area contributed by atoms with Gasteiger partial charge < -0.3 is 35.3 Å². The number of aromatic nitrogens is 7. The highest BCUT2D eigenvalue weighted by Crippen LogP contribution is 2.49. The maximum absolute atomic E-state index is 13.5. The molecule has 3 aromatic heterocycles. The number of H-pyrrole nitrogens is 1. The van der Waals surface area contributed by atoms with Crippen molar-refractivity contribution >= 4 is 30.9 Å². The van der Waals surface area contributed by atoms with E-state index < -0.39 is 49.8 Å². The van der Waals surface area contributed by atoms with Crippen LogP contribution in [-0.4, -0.2) is 77.1 Å². The molecule has 2 aromatic carbocycles. The monoisotopic (exact) mass is 751 g/mol. The highest BCUT2D eigenvalue weighted by Gasteiger charge is 2.44. The van der Waals surface area contributed by atoms with E-state index in [1.54, 1.807) is 4.57 Å². The molecule has 53 heavy (non-hydrogen) atoms. The van der Waals surface area contributed by atoms with Crippen molar-refractivity contribution in [2.45, 2.75) is 56.8 Å². The molecule has 280 valence electrons. The number of fused-ring (bicyclic) bond motifs is 1. The lowest BCUT2D eigenvalue weighted by molar-refractivity contribution is -0.0699. The molecule has 2 unspecified atom stereocenters. The van der Waals surface area contributed by atoms with Crippen molar-refractivity contribution in [1.29, 1.82) is 0 Å². The number of anilines is 2. The van der Waals surface area contributed by atoms with Gasteiger partial charge in [-0.25, -0.2) is 19.3 Å². The Morgan fingerprint density at radius 1 is 0.830 bits per heavy atom. The fourth-order valence-electron chi connectivity index (χ4n) is 6.29. The van der Waals surface area contributed by atoms with Gasteiger partial charge in [0.15, 0.2) is 11.2 Å². The zero-order valence-electron chi connectivity index (χ0n) is 28.2. The van der Waals surface area contributed by atoms with Gasteiger partial charge in [-0.15, -0.1) is 0 Å². The van der Waals surface area contributed by atoms with E-state index in [4.69, 9.17) is 39.5 Å². The van der Waals surface area contributed by atoms with E-state index in [9.17, 15) is 19.0 Å². The lowest BCUT2D eigenvalue weighted by atomic mass is 10.0. The molecule has 0 saturated carbocycles. The minimum Gasteiger partial charge on any atom is -0.376 e. The molecule has 6 N–H and O–H groups in total. The summed E-state index contributed by atoms with van der Waals surface area (Å²) >= 11 is 0. The highest BCUT2D eigenvalue weighted by atomic mass is 31.2. The van der Waals surface area contributed by atoms with Gasteiger partial charge in [-0.3, -0.25) is 28.0 Å². The molecule has 7 rings (SSSR count). The highest BCUT2D eigenvalue weighted by molar-refractivity contribution is 7.47. The number of rotatable bonds is 15. The van der Waals surface area contributed by atoms with E-state index in [0.717, 1.165) is 15.7 Å². The van der Waals surface area contributed by atoms with Crippen molar-refractivity contribution in [1.82, 2.24) is 34.1 Å². The van der Waals surface area contributed by atoms with Crippen LogP contribution in [0.15, 0.2) is 82.9 Å². The Hall–Kier alpha value is -4.85. The first-order valence-electron chi connectivity index (χ1n) is 16.7. The average Bonchev–Trinajstić information content (AvgIpc) is 3.85. The summed E-state index contributed by atoms with van der Waals surface area (Å²) in [6, 6.07) is 19.0.